The number of H-pyrrole nitrogens is 1. The van der Waals surface area contributed by atoms with Crippen molar-refractivity contribution in [1.82, 2.24) is 20.3 Å². The number of nitrogens with zero attached hydrogens (tertiary/aromatic N) is 2. The van der Waals surface area contributed by atoms with E-state index in [0.717, 1.165) is 35.4 Å². The molecule has 4 rings (SSSR count). The summed E-state index contributed by atoms with van der Waals surface area (Å²) in [6, 6.07) is 8.33. The normalized spacial score (nSPS) is 18.0. The maximum atomic E-state index is 5.96. The molecule has 1 aliphatic rings. The molecule has 1 saturated heterocycles. The largest absolute Gasteiger partial charge is 0.438 e. The van der Waals surface area contributed by atoms with Crippen molar-refractivity contribution in [3.8, 4) is 11.6 Å². The van der Waals surface area contributed by atoms with Crippen LogP contribution in [0.4, 0.5) is 0 Å². The van der Waals surface area contributed by atoms with Crippen LogP contribution < -0.4 is 10.1 Å². The minimum Gasteiger partial charge on any atom is -0.438 e. The monoisotopic (exact) mass is 294 g/mol. The number of aromatic nitrogens is 3. The molecular weight excluding hydrogens is 276 g/mol. The van der Waals surface area contributed by atoms with Crippen molar-refractivity contribution in [3.63, 3.8) is 0 Å². The molecule has 0 radical (unpaired) electrons. The molecule has 2 N–H and O–H groups in total. The standard InChI is InChI=1S/C17H18N4O/c1-11-8-19-16-15(11)17(21-10-20-16)22-14-4-2-12(3-5-14)13-6-7-18-9-13/h2-5,8,10,13,18H,6-7,9H2,1H3,(H,19,20,21). The minimum absolute atomic E-state index is 0.596. The van der Waals surface area contributed by atoms with Gasteiger partial charge >= 0.3 is 0 Å². The molecule has 2 aromatic heterocycles. The average Bonchev–Trinajstić information content (AvgIpc) is 3.19. The SMILES string of the molecule is Cc1c[nH]c2ncnc(Oc3ccc(C4CCNC4)cc3)c12. The molecular formula is C17H18N4O. The molecule has 5 heteroatoms. The first-order valence-corrected chi connectivity index (χ1v) is 7.58. The topological polar surface area (TPSA) is 62.8 Å². The highest BCUT2D eigenvalue weighted by Gasteiger charge is 2.16. The van der Waals surface area contributed by atoms with Gasteiger partial charge in [0, 0.05) is 12.7 Å². The van der Waals surface area contributed by atoms with Gasteiger partial charge in [-0.25, -0.2) is 9.97 Å². The van der Waals surface area contributed by atoms with Gasteiger partial charge in [-0.15, -0.1) is 0 Å². The maximum absolute atomic E-state index is 5.96. The van der Waals surface area contributed by atoms with Crippen molar-refractivity contribution in [2.75, 3.05) is 13.1 Å². The molecule has 1 aromatic carbocycles. The number of ether oxygens (including phenoxy) is 1. The predicted molar refractivity (Wildman–Crippen MR) is 85.4 cm³/mol. The van der Waals surface area contributed by atoms with E-state index in [-0.39, 0.29) is 0 Å². The lowest BCUT2D eigenvalue weighted by Gasteiger charge is -2.10. The molecule has 0 bridgehead atoms. The number of benzene rings is 1. The first-order valence-electron chi connectivity index (χ1n) is 7.58. The van der Waals surface area contributed by atoms with E-state index in [9.17, 15) is 0 Å². The smallest absolute Gasteiger partial charge is 0.232 e. The van der Waals surface area contributed by atoms with Crippen LogP contribution in [0.2, 0.25) is 0 Å². The van der Waals surface area contributed by atoms with Crippen molar-refractivity contribution in [2.45, 2.75) is 19.3 Å². The van der Waals surface area contributed by atoms with Gasteiger partial charge in [-0.2, -0.15) is 0 Å². The maximum Gasteiger partial charge on any atom is 0.232 e. The van der Waals surface area contributed by atoms with Gasteiger partial charge in [-0.3, -0.25) is 0 Å². The summed E-state index contributed by atoms with van der Waals surface area (Å²) in [5, 5.41) is 4.33. The average molecular weight is 294 g/mol. The van der Waals surface area contributed by atoms with Gasteiger partial charge in [0.05, 0.1) is 5.39 Å². The lowest BCUT2D eigenvalue weighted by molar-refractivity contribution is 0.467. The zero-order valence-electron chi connectivity index (χ0n) is 12.5. The Labute approximate surface area is 128 Å². The van der Waals surface area contributed by atoms with E-state index in [1.54, 1.807) is 0 Å². The van der Waals surface area contributed by atoms with Crippen LogP contribution in [-0.2, 0) is 0 Å². The Balaban J connectivity index is 1.61. The fourth-order valence-electron chi connectivity index (χ4n) is 3.02. The summed E-state index contributed by atoms with van der Waals surface area (Å²) in [7, 11) is 0. The van der Waals surface area contributed by atoms with Gasteiger partial charge in [0.2, 0.25) is 5.88 Å². The van der Waals surface area contributed by atoms with E-state index in [1.807, 2.05) is 25.3 Å². The highest BCUT2D eigenvalue weighted by Crippen LogP contribution is 2.30. The number of nitrogens with one attached hydrogen (secondary N) is 2. The molecule has 22 heavy (non-hydrogen) atoms. The second kappa shape index (κ2) is 5.42. The highest BCUT2D eigenvalue weighted by molar-refractivity contribution is 5.84. The minimum atomic E-state index is 0.596. The number of aryl methyl sites for hydroxylation is 1. The van der Waals surface area contributed by atoms with Crippen molar-refractivity contribution >= 4 is 11.0 Å². The molecule has 1 unspecified atom stereocenters. The number of rotatable bonds is 3. The second-order valence-corrected chi connectivity index (χ2v) is 5.73. The molecule has 0 amide bonds. The number of hydrogen-bond acceptors (Lipinski definition) is 4. The Morgan fingerprint density at radius 3 is 2.82 bits per heavy atom. The molecule has 3 heterocycles. The van der Waals surface area contributed by atoms with E-state index in [4.69, 9.17) is 4.74 Å². The fraction of sp³-hybridized carbons (Fsp3) is 0.294. The summed E-state index contributed by atoms with van der Waals surface area (Å²) >= 11 is 0. The van der Waals surface area contributed by atoms with Crippen LogP contribution in [0.25, 0.3) is 11.0 Å². The molecule has 3 aromatic rings. The lowest BCUT2D eigenvalue weighted by Crippen LogP contribution is -2.07. The van der Waals surface area contributed by atoms with Crippen molar-refractivity contribution in [1.29, 1.82) is 0 Å². The Morgan fingerprint density at radius 1 is 1.18 bits per heavy atom. The van der Waals surface area contributed by atoms with Gasteiger partial charge in [0.15, 0.2) is 0 Å². The fourth-order valence-corrected chi connectivity index (χ4v) is 3.02. The Hall–Kier alpha value is -2.40. The molecule has 0 aliphatic carbocycles. The molecule has 0 spiro atoms. The van der Waals surface area contributed by atoms with Gasteiger partial charge in [0.1, 0.15) is 17.7 Å². The Bertz CT molecular complexity index is 788. The Kier molecular flexibility index (Phi) is 3.27. The van der Waals surface area contributed by atoms with Gasteiger partial charge < -0.3 is 15.0 Å². The summed E-state index contributed by atoms with van der Waals surface area (Å²) in [5.41, 5.74) is 3.25. The van der Waals surface area contributed by atoms with Crippen LogP contribution in [0, 0.1) is 6.92 Å². The molecule has 5 nitrogen and oxygen atoms in total. The van der Waals surface area contributed by atoms with Crippen LogP contribution in [0.15, 0.2) is 36.8 Å². The van der Waals surface area contributed by atoms with Crippen LogP contribution in [0.1, 0.15) is 23.5 Å². The summed E-state index contributed by atoms with van der Waals surface area (Å²) < 4.78 is 5.96. The predicted octanol–water partition coefficient (Wildman–Crippen LogP) is 3.14. The molecule has 1 aliphatic heterocycles. The third kappa shape index (κ3) is 2.33. The molecule has 112 valence electrons. The summed E-state index contributed by atoms with van der Waals surface area (Å²) in [4.78, 5) is 11.6. The lowest BCUT2D eigenvalue weighted by atomic mass is 9.98. The van der Waals surface area contributed by atoms with Crippen molar-refractivity contribution in [3.05, 3.63) is 47.9 Å². The third-order valence-electron chi connectivity index (χ3n) is 4.26. The summed E-state index contributed by atoms with van der Waals surface area (Å²) in [5.74, 6) is 2.01. The zero-order chi connectivity index (χ0) is 14.9. The van der Waals surface area contributed by atoms with Crippen LogP contribution >= 0.6 is 0 Å². The number of hydrogen-bond donors (Lipinski definition) is 2. The quantitative estimate of drug-likeness (QED) is 0.779. The van der Waals surface area contributed by atoms with Crippen molar-refractivity contribution < 1.29 is 4.74 Å². The first kappa shape index (κ1) is 13.3. The van der Waals surface area contributed by atoms with Crippen LogP contribution in [0.5, 0.6) is 11.6 Å². The second-order valence-electron chi connectivity index (χ2n) is 5.73. The Morgan fingerprint density at radius 2 is 2.05 bits per heavy atom. The zero-order valence-corrected chi connectivity index (χ0v) is 12.5. The molecule has 1 atom stereocenters. The van der Waals surface area contributed by atoms with Gasteiger partial charge in [0.25, 0.3) is 0 Å². The molecule has 1 fully saturated rings. The van der Waals surface area contributed by atoms with Crippen LogP contribution in [-0.4, -0.2) is 28.0 Å². The van der Waals surface area contributed by atoms with E-state index >= 15 is 0 Å². The number of aromatic amines is 1. The van der Waals surface area contributed by atoms with Gasteiger partial charge in [-0.05, 0) is 49.1 Å². The van der Waals surface area contributed by atoms with Crippen molar-refractivity contribution in [2.24, 2.45) is 0 Å². The first-order chi connectivity index (χ1) is 10.8. The van der Waals surface area contributed by atoms with Gasteiger partial charge in [-0.1, -0.05) is 12.1 Å². The third-order valence-corrected chi connectivity index (χ3v) is 4.26. The summed E-state index contributed by atoms with van der Waals surface area (Å²) in [6.07, 6.45) is 4.64. The van der Waals surface area contributed by atoms with Crippen LogP contribution in [0.3, 0.4) is 0 Å². The molecule has 0 saturated carbocycles. The van der Waals surface area contributed by atoms with E-state index < -0.39 is 0 Å². The summed E-state index contributed by atoms with van der Waals surface area (Å²) in [6.45, 7) is 4.19. The highest BCUT2D eigenvalue weighted by atomic mass is 16.5. The van der Waals surface area contributed by atoms with E-state index in [2.05, 4.69) is 32.4 Å². The van der Waals surface area contributed by atoms with E-state index in [1.165, 1.54) is 18.3 Å². The van der Waals surface area contributed by atoms with E-state index in [0.29, 0.717) is 11.8 Å². The number of fused-ring (bicyclic) bond motifs is 1.